The van der Waals surface area contributed by atoms with Crippen molar-refractivity contribution < 1.29 is 4.79 Å². The molecule has 1 saturated carbocycles. The third-order valence-electron chi connectivity index (χ3n) is 3.11. The van der Waals surface area contributed by atoms with E-state index in [4.69, 9.17) is 0 Å². The molecule has 0 aliphatic heterocycles. The smallest absolute Gasteiger partial charge is 0.170 e. The fourth-order valence-electron chi connectivity index (χ4n) is 2.17. The van der Waals surface area contributed by atoms with E-state index < -0.39 is 0 Å². The Bertz CT molecular complexity index is 367. The molecule has 15 heavy (non-hydrogen) atoms. The van der Waals surface area contributed by atoms with Crippen LogP contribution in [0.3, 0.4) is 0 Å². The van der Waals surface area contributed by atoms with Crippen molar-refractivity contribution in [3.05, 3.63) is 16.4 Å². The standard InChI is InChI=1S/C11H15BrN2O/c1-14-11(12)9(7-13-14)10(15)8-5-3-2-4-6-8/h7-8H,2-6H2,1H3. The van der Waals surface area contributed by atoms with Crippen molar-refractivity contribution >= 4 is 21.7 Å². The van der Waals surface area contributed by atoms with E-state index in [0.29, 0.717) is 0 Å². The maximum Gasteiger partial charge on any atom is 0.170 e. The Morgan fingerprint density at radius 3 is 2.67 bits per heavy atom. The van der Waals surface area contributed by atoms with Crippen LogP contribution in [0.2, 0.25) is 0 Å². The molecule has 0 saturated heterocycles. The number of carbonyl (C=O) groups excluding carboxylic acids is 1. The summed E-state index contributed by atoms with van der Waals surface area (Å²) in [6, 6.07) is 0. The van der Waals surface area contributed by atoms with Crippen molar-refractivity contribution in [2.45, 2.75) is 32.1 Å². The van der Waals surface area contributed by atoms with Crippen LogP contribution in [0.25, 0.3) is 0 Å². The van der Waals surface area contributed by atoms with Crippen LogP contribution in [-0.4, -0.2) is 15.6 Å². The number of Topliss-reactive ketones (excluding diaryl/α,β-unsaturated/α-hetero) is 1. The quantitative estimate of drug-likeness (QED) is 0.775. The summed E-state index contributed by atoms with van der Waals surface area (Å²) in [6.07, 6.45) is 7.40. The van der Waals surface area contributed by atoms with E-state index >= 15 is 0 Å². The van der Waals surface area contributed by atoms with Crippen molar-refractivity contribution in [3.63, 3.8) is 0 Å². The molecule has 1 aromatic rings. The molecule has 0 spiro atoms. The number of halogens is 1. The molecule has 2 rings (SSSR count). The summed E-state index contributed by atoms with van der Waals surface area (Å²) in [5.41, 5.74) is 0.740. The van der Waals surface area contributed by atoms with E-state index in [-0.39, 0.29) is 11.7 Å². The molecule has 1 aliphatic rings. The van der Waals surface area contributed by atoms with Gasteiger partial charge in [0.15, 0.2) is 5.78 Å². The fourth-order valence-corrected chi connectivity index (χ4v) is 2.56. The predicted molar refractivity (Wildman–Crippen MR) is 61.8 cm³/mol. The molecule has 0 radical (unpaired) electrons. The maximum absolute atomic E-state index is 12.2. The van der Waals surface area contributed by atoms with Gasteiger partial charge in [-0.1, -0.05) is 19.3 Å². The molecule has 1 heterocycles. The average molecular weight is 271 g/mol. The summed E-state index contributed by atoms with van der Waals surface area (Å²) in [5.74, 6) is 0.480. The molecular formula is C11H15BrN2O. The Hall–Kier alpha value is -0.640. The first-order valence-electron chi connectivity index (χ1n) is 5.42. The van der Waals surface area contributed by atoms with Gasteiger partial charge in [-0.05, 0) is 28.8 Å². The molecule has 0 atom stereocenters. The van der Waals surface area contributed by atoms with Crippen molar-refractivity contribution in [3.8, 4) is 0 Å². The topological polar surface area (TPSA) is 34.9 Å². The van der Waals surface area contributed by atoms with Crippen LogP contribution < -0.4 is 0 Å². The van der Waals surface area contributed by atoms with Gasteiger partial charge in [-0.15, -0.1) is 0 Å². The molecular weight excluding hydrogens is 256 g/mol. The number of rotatable bonds is 2. The van der Waals surface area contributed by atoms with Gasteiger partial charge in [0, 0.05) is 13.0 Å². The van der Waals surface area contributed by atoms with Gasteiger partial charge < -0.3 is 0 Å². The average Bonchev–Trinajstić information content (AvgIpc) is 2.60. The van der Waals surface area contributed by atoms with Gasteiger partial charge in [-0.2, -0.15) is 5.10 Å². The molecule has 3 nitrogen and oxygen atoms in total. The van der Waals surface area contributed by atoms with E-state index in [2.05, 4.69) is 21.0 Å². The Balaban J connectivity index is 2.16. The minimum absolute atomic E-state index is 0.222. The predicted octanol–water partition coefficient (Wildman–Crippen LogP) is 2.95. The summed E-state index contributed by atoms with van der Waals surface area (Å²) >= 11 is 3.40. The zero-order valence-electron chi connectivity index (χ0n) is 8.87. The molecule has 0 N–H and O–H groups in total. The van der Waals surface area contributed by atoms with Crippen molar-refractivity contribution in [2.24, 2.45) is 13.0 Å². The number of carbonyl (C=O) groups is 1. The van der Waals surface area contributed by atoms with Gasteiger partial charge in [-0.25, -0.2) is 0 Å². The lowest BCUT2D eigenvalue weighted by atomic mass is 9.84. The summed E-state index contributed by atoms with van der Waals surface area (Å²) in [6.45, 7) is 0. The van der Waals surface area contributed by atoms with Gasteiger partial charge in [-0.3, -0.25) is 9.48 Å². The van der Waals surface area contributed by atoms with E-state index in [1.54, 1.807) is 10.9 Å². The molecule has 0 aromatic carbocycles. The summed E-state index contributed by atoms with van der Waals surface area (Å²) < 4.78 is 2.49. The third-order valence-corrected chi connectivity index (χ3v) is 4.05. The summed E-state index contributed by atoms with van der Waals surface area (Å²) in [4.78, 5) is 12.2. The van der Waals surface area contributed by atoms with Crippen LogP contribution in [0.5, 0.6) is 0 Å². The molecule has 82 valence electrons. The SMILES string of the molecule is Cn1ncc(C(=O)C2CCCCC2)c1Br. The second kappa shape index (κ2) is 4.47. The molecule has 4 heteroatoms. The number of nitrogens with zero attached hydrogens (tertiary/aromatic N) is 2. The number of ketones is 1. The molecule has 1 aliphatic carbocycles. The Kier molecular flexibility index (Phi) is 3.24. The molecule has 1 aromatic heterocycles. The Morgan fingerprint density at radius 1 is 1.47 bits per heavy atom. The van der Waals surface area contributed by atoms with Crippen LogP contribution in [0.4, 0.5) is 0 Å². The number of hydrogen-bond donors (Lipinski definition) is 0. The third kappa shape index (κ3) is 2.14. The highest BCUT2D eigenvalue weighted by Gasteiger charge is 2.25. The van der Waals surface area contributed by atoms with Crippen LogP contribution in [0.1, 0.15) is 42.5 Å². The second-order valence-electron chi connectivity index (χ2n) is 4.17. The first kappa shape index (κ1) is 10.9. The van der Waals surface area contributed by atoms with Crippen molar-refractivity contribution in [1.29, 1.82) is 0 Å². The minimum atomic E-state index is 0.222. The highest BCUT2D eigenvalue weighted by atomic mass is 79.9. The lowest BCUT2D eigenvalue weighted by Crippen LogP contribution is -2.17. The first-order chi connectivity index (χ1) is 7.20. The summed E-state index contributed by atoms with van der Waals surface area (Å²) in [7, 11) is 1.84. The van der Waals surface area contributed by atoms with Crippen molar-refractivity contribution in [2.75, 3.05) is 0 Å². The normalized spacial score (nSPS) is 18.0. The Labute approximate surface area is 98.0 Å². The van der Waals surface area contributed by atoms with Gasteiger partial charge in [0.25, 0.3) is 0 Å². The fraction of sp³-hybridized carbons (Fsp3) is 0.636. The minimum Gasteiger partial charge on any atom is -0.294 e. The van der Waals surface area contributed by atoms with Crippen LogP contribution in [0.15, 0.2) is 10.8 Å². The molecule has 0 amide bonds. The van der Waals surface area contributed by atoms with Gasteiger partial charge in [0.2, 0.25) is 0 Å². The second-order valence-corrected chi connectivity index (χ2v) is 4.92. The van der Waals surface area contributed by atoms with E-state index in [1.165, 1.54) is 19.3 Å². The molecule has 0 unspecified atom stereocenters. The number of aryl methyl sites for hydroxylation is 1. The largest absolute Gasteiger partial charge is 0.294 e. The van der Waals surface area contributed by atoms with Crippen LogP contribution in [0, 0.1) is 5.92 Å². The van der Waals surface area contributed by atoms with E-state index in [1.807, 2.05) is 7.05 Å². The number of aromatic nitrogens is 2. The zero-order valence-corrected chi connectivity index (χ0v) is 10.5. The van der Waals surface area contributed by atoms with E-state index in [0.717, 1.165) is 23.0 Å². The first-order valence-corrected chi connectivity index (χ1v) is 6.21. The number of hydrogen-bond acceptors (Lipinski definition) is 2. The molecule has 1 fully saturated rings. The van der Waals surface area contributed by atoms with Gasteiger partial charge >= 0.3 is 0 Å². The van der Waals surface area contributed by atoms with Crippen LogP contribution >= 0.6 is 15.9 Å². The highest BCUT2D eigenvalue weighted by Crippen LogP contribution is 2.29. The maximum atomic E-state index is 12.2. The monoisotopic (exact) mass is 270 g/mol. The van der Waals surface area contributed by atoms with Crippen molar-refractivity contribution in [1.82, 2.24) is 9.78 Å². The summed E-state index contributed by atoms with van der Waals surface area (Å²) in [5, 5.41) is 4.08. The molecule has 0 bridgehead atoms. The van der Waals surface area contributed by atoms with Gasteiger partial charge in [0.1, 0.15) is 4.60 Å². The van der Waals surface area contributed by atoms with E-state index in [9.17, 15) is 4.79 Å². The highest BCUT2D eigenvalue weighted by molar-refractivity contribution is 9.10. The lowest BCUT2D eigenvalue weighted by Gasteiger charge is -2.19. The zero-order chi connectivity index (χ0) is 10.8. The van der Waals surface area contributed by atoms with Crippen LogP contribution in [-0.2, 0) is 7.05 Å². The lowest BCUT2D eigenvalue weighted by molar-refractivity contribution is 0.0888. The Morgan fingerprint density at radius 2 is 2.13 bits per heavy atom. The van der Waals surface area contributed by atoms with Gasteiger partial charge in [0.05, 0.1) is 11.8 Å².